The Morgan fingerprint density at radius 3 is 2.71 bits per heavy atom. The molecule has 0 bridgehead atoms. The molecule has 1 unspecified atom stereocenters. The number of aryl methyl sites for hydroxylation is 1. The van der Waals surface area contributed by atoms with Crippen LogP contribution in [-0.4, -0.2) is 25.7 Å². The number of fused-ring (bicyclic) bond motifs is 1. The van der Waals surface area contributed by atoms with Crippen LogP contribution >= 0.6 is 0 Å². The highest BCUT2D eigenvalue weighted by atomic mass is 32.3. The molecule has 150 valence electrons. The maximum absolute atomic E-state index is 12.7. The van der Waals surface area contributed by atoms with Crippen molar-refractivity contribution < 1.29 is 16.8 Å². The number of rotatable bonds is 4. The molecule has 3 rings (SSSR count). The van der Waals surface area contributed by atoms with Crippen LogP contribution in [0.5, 0.6) is 0 Å². The van der Waals surface area contributed by atoms with Gasteiger partial charge >= 0.3 is 10.5 Å². The Morgan fingerprint density at radius 1 is 1.39 bits per heavy atom. The Labute approximate surface area is 163 Å². The molecule has 0 spiro atoms. The van der Waals surface area contributed by atoms with E-state index < -0.39 is 15.9 Å². The van der Waals surface area contributed by atoms with Gasteiger partial charge in [0.05, 0.1) is 16.8 Å². The summed E-state index contributed by atoms with van der Waals surface area (Å²) in [4.78, 5) is 17.1. The Bertz CT molecular complexity index is 1080. The maximum Gasteiger partial charge on any atom is 0.371 e. The number of carbonyl (C=O) groups excluding carboxylic acids is 1. The fourth-order valence-electron chi connectivity index (χ4n) is 3.10. The number of halogens is 2. The Kier molecular flexibility index (Phi) is 5.14. The SMILES string of the molecule is Cc1cc(-c2cn3c(n2)C=CC(C)(C(=O)NC(C)C)C3)ccc1N=S(=O)(F)F. The predicted molar refractivity (Wildman–Crippen MR) is 105 cm³/mol. The van der Waals surface area contributed by atoms with Gasteiger partial charge in [-0.1, -0.05) is 19.9 Å². The number of imidazole rings is 1. The predicted octanol–water partition coefficient (Wildman–Crippen LogP) is 4.28. The van der Waals surface area contributed by atoms with Gasteiger partial charge in [-0.05, 0) is 51.5 Å². The van der Waals surface area contributed by atoms with Gasteiger partial charge < -0.3 is 9.88 Å². The van der Waals surface area contributed by atoms with E-state index in [2.05, 4.69) is 14.7 Å². The molecular formula is C19H22F2N4O2S. The van der Waals surface area contributed by atoms with Crippen molar-refractivity contribution in [3.8, 4) is 11.3 Å². The summed E-state index contributed by atoms with van der Waals surface area (Å²) in [5, 5.41) is 2.94. The normalized spacial score (nSPS) is 18.8. The first-order chi connectivity index (χ1) is 13.0. The molecule has 1 amide bonds. The van der Waals surface area contributed by atoms with E-state index in [4.69, 9.17) is 0 Å². The van der Waals surface area contributed by atoms with Crippen molar-refractivity contribution in [3.05, 3.63) is 41.9 Å². The lowest BCUT2D eigenvalue weighted by Crippen LogP contribution is -2.44. The summed E-state index contributed by atoms with van der Waals surface area (Å²) in [6.07, 6.45) is 5.49. The molecule has 1 aromatic heterocycles. The molecule has 2 aromatic rings. The number of aromatic nitrogens is 2. The van der Waals surface area contributed by atoms with E-state index in [0.717, 1.165) is 5.56 Å². The van der Waals surface area contributed by atoms with Crippen LogP contribution in [0.15, 0.2) is 34.8 Å². The first kappa shape index (κ1) is 20.2. The van der Waals surface area contributed by atoms with Crippen molar-refractivity contribution >= 4 is 28.2 Å². The van der Waals surface area contributed by atoms with E-state index in [9.17, 15) is 16.8 Å². The summed E-state index contributed by atoms with van der Waals surface area (Å²) in [6.45, 7) is 7.77. The number of amides is 1. The van der Waals surface area contributed by atoms with Crippen molar-refractivity contribution in [2.75, 3.05) is 0 Å². The smallest absolute Gasteiger partial charge is 0.353 e. The van der Waals surface area contributed by atoms with Crippen molar-refractivity contribution in [1.82, 2.24) is 14.9 Å². The average molecular weight is 408 g/mol. The summed E-state index contributed by atoms with van der Waals surface area (Å²) in [5.74, 6) is 0.661. The van der Waals surface area contributed by atoms with Crippen molar-refractivity contribution in [3.63, 3.8) is 0 Å². The first-order valence-corrected chi connectivity index (χ1v) is 10.1. The Hall–Kier alpha value is -2.55. The third-order valence-electron chi connectivity index (χ3n) is 4.54. The van der Waals surface area contributed by atoms with Crippen LogP contribution < -0.4 is 5.32 Å². The van der Waals surface area contributed by atoms with E-state index >= 15 is 0 Å². The Morgan fingerprint density at radius 2 is 2.11 bits per heavy atom. The van der Waals surface area contributed by atoms with Gasteiger partial charge in [0.15, 0.2) is 0 Å². The lowest BCUT2D eigenvalue weighted by molar-refractivity contribution is -0.129. The highest BCUT2D eigenvalue weighted by molar-refractivity contribution is 7.83. The van der Waals surface area contributed by atoms with E-state index in [1.807, 2.05) is 43.7 Å². The van der Waals surface area contributed by atoms with Crippen LogP contribution in [0.1, 0.15) is 32.2 Å². The number of nitrogens with one attached hydrogen (secondary N) is 1. The highest BCUT2D eigenvalue weighted by Crippen LogP contribution is 2.32. The summed E-state index contributed by atoms with van der Waals surface area (Å²) >= 11 is 0. The van der Waals surface area contributed by atoms with Crippen LogP contribution in [-0.2, 0) is 21.8 Å². The zero-order chi connectivity index (χ0) is 20.7. The summed E-state index contributed by atoms with van der Waals surface area (Å²) in [7, 11) is -5.20. The fraction of sp³-hybridized carbons (Fsp3) is 0.368. The lowest BCUT2D eigenvalue weighted by atomic mass is 9.86. The Balaban J connectivity index is 1.90. The second-order valence-electron chi connectivity index (χ2n) is 7.48. The average Bonchev–Trinajstić information content (AvgIpc) is 2.97. The van der Waals surface area contributed by atoms with Gasteiger partial charge in [-0.15, -0.1) is 4.36 Å². The van der Waals surface area contributed by atoms with Gasteiger partial charge in [0.2, 0.25) is 5.91 Å². The zero-order valence-corrected chi connectivity index (χ0v) is 16.9. The monoisotopic (exact) mass is 408 g/mol. The van der Waals surface area contributed by atoms with Crippen molar-refractivity contribution in [2.45, 2.75) is 40.3 Å². The van der Waals surface area contributed by atoms with Crippen molar-refractivity contribution in [2.24, 2.45) is 9.78 Å². The molecule has 9 heteroatoms. The molecule has 1 aliphatic rings. The molecule has 0 fully saturated rings. The molecule has 0 saturated carbocycles. The van der Waals surface area contributed by atoms with E-state index in [1.54, 1.807) is 19.1 Å². The van der Waals surface area contributed by atoms with Gasteiger partial charge in [-0.3, -0.25) is 4.79 Å². The maximum atomic E-state index is 12.7. The number of hydrogen-bond donors (Lipinski definition) is 1. The minimum absolute atomic E-state index is 0.0134. The first-order valence-electron chi connectivity index (χ1n) is 8.82. The quantitative estimate of drug-likeness (QED) is 0.767. The molecule has 6 nitrogen and oxygen atoms in total. The van der Waals surface area contributed by atoms with E-state index in [1.165, 1.54) is 6.07 Å². The topological polar surface area (TPSA) is 76.3 Å². The molecule has 1 aliphatic heterocycles. The summed E-state index contributed by atoms with van der Waals surface area (Å²) < 4.78 is 40.9. The lowest BCUT2D eigenvalue weighted by Gasteiger charge is -2.29. The van der Waals surface area contributed by atoms with Gasteiger partial charge in [0.1, 0.15) is 5.82 Å². The molecule has 2 heterocycles. The molecule has 1 atom stereocenters. The minimum atomic E-state index is -5.20. The molecule has 0 radical (unpaired) electrons. The van der Waals surface area contributed by atoms with Crippen molar-refractivity contribution in [1.29, 1.82) is 0 Å². The number of hydrogen-bond acceptors (Lipinski definition) is 4. The number of carbonyl (C=O) groups is 1. The molecule has 1 N–H and O–H groups in total. The fourth-order valence-corrected chi connectivity index (χ4v) is 3.53. The van der Waals surface area contributed by atoms with Gasteiger partial charge in [-0.2, -0.15) is 4.21 Å². The third kappa shape index (κ3) is 4.30. The molecular weight excluding hydrogens is 386 g/mol. The molecule has 1 aromatic carbocycles. The second-order valence-corrected chi connectivity index (χ2v) is 8.46. The minimum Gasteiger partial charge on any atom is -0.353 e. The van der Waals surface area contributed by atoms with Gasteiger partial charge in [-0.25, -0.2) is 4.98 Å². The largest absolute Gasteiger partial charge is 0.371 e. The van der Waals surface area contributed by atoms with E-state index in [-0.39, 0.29) is 17.6 Å². The van der Waals surface area contributed by atoms with E-state index in [0.29, 0.717) is 23.6 Å². The standard InChI is InChI=1S/C19H22F2N4O2S/c1-12(2)22-18(26)19(4)8-7-17-23-16(10-25(17)11-19)14-5-6-15(13(3)9-14)24-28(20,21)27/h5-10,12H,11H2,1-4H3,(H,22,26). The molecule has 0 aliphatic carbocycles. The van der Waals surface area contributed by atoms with Crippen LogP contribution in [0.3, 0.4) is 0 Å². The van der Waals surface area contributed by atoms with Crippen LogP contribution in [0.4, 0.5) is 13.5 Å². The van der Waals surface area contributed by atoms with Crippen LogP contribution in [0.2, 0.25) is 0 Å². The third-order valence-corrected chi connectivity index (χ3v) is 4.95. The van der Waals surface area contributed by atoms with Gasteiger partial charge in [0, 0.05) is 24.3 Å². The summed E-state index contributed by atoms with van der Waals surface area (Å²) in [5.41, 5.74) is 1.16. The van der Waals surface area contributed by atoms with Crippen LogP contribution in [0, 0.1) is 12.3 Å². The van der Waals surface area contributed by atoms with Gasteiger partial charge in [0.25, 0.3) is 0 Å². The highest BCUT2D eigenvalue weighted by Gasteiger charge is 2.34. The number of benzene rings is 1. The number of nitrogens with zero attached hydrogens (tertiary/aromatic N) is 3. The second kappa shape index (κ2) is 7.12. The zero-order valence-electron chi connectivity index (χ0n) is 16.1. The molecule has 28 heavy (non-hydrogen) atoms. The van der Waals surface area contributed by atoms with Crippen LogP contribution in [0.25, 0.3) is 17.3 Å². The summed E-state index contributed by atoms with van der Waals surface area (Å²) in [6, 6.07) is 4.73. The molecule has 0 saturated heterocycles.